The van der Waals surface area contributed by atoms with Gasteiger partial charge >= 0.3 is 0 Å². The molecule has 0 bridgehead atoms. The van der Waals surface area contributed by atoms with E-state index < -0.39 is 0 Å². The van der Waals surface area contributed by atoms with Crippen LogP contribution in [0.5, 0.6) is 0 Å². The molecule has 0 saturated carbocycles. The van der Waals surface area contributed by atoms with Gasteiger partial charge in [0, 0.05) is 18.0 Å². The molecule has 24 heavy (non-hydrogen) atoms. The maximum Gasteiger partial charge on any atom is 0.240 e. The van der Waals surface area contributed by atoms with Gasteiger partial charge in [0.2, 0.25) is 5.89 Å². The Morgan fingerprint density at radius 1 is 1.29 bits per heavy atom. The summed E-state index contributed by atoms with van der Waals surface area (Å²) >= 11 is 0. The van der Waals surface area contributed by atoms with Crippen LogP contribution >= 0.6 is 0 Å². The van der Waals surface area contributed by atoms with E-state index in [0.29, 0.717) is 18.0 Å². The van der Waals surface area contributed by atoms with Gasteiger partial charge in [0.25, 0.3) is 0 Å². The molecule has 0 spiro atoms. The van der Waals surface area contributed by atoms with E-state index in [-0.39, 0.29) is 0 Å². The van der Waals surface area contributed by atoms with E-state index in [2.05, 4.69) is 59.3 Å². The van der Waals surface area contributed by atoms with Crippen molar-refractivity contribution in [3.8, 4) is 0 Å². The van der Waals surface area contributed by atoms with Gasteiger partial charge in [0.05, 0.1) is 6.54 Å². The molecule has 128 valence electrons. The van der Waals surface area contributed by atoms with Crippen LogP contribution < -0.4 is 0 Å². The normalized spacial score (nSPS) is 27.0. The first-order valence-corrected chi connectivity index (χ1v) is 9.08. The monoisotopic (exact) mass is 326 g/mol. The van der Waals surface area contributed by atoms with E-state index in [1.54, 1.807) is 0 Å². The molecule has 0 unspecified atom stereocenters. The SMILES string of the molecule is CCN(C)Cc1nc([C@H]2C[C@@H](c3ccccc3)N3CCC[C@H]23)no1. The molecule has 2 aliphatic heterocycles. The summed E-state index contributed by atoms with van der Waals surface area (Å²) in [7, 11) is 2.07. The highest BCUT2D eigenvalue weighted by Crippen LogP contribution is 2.48. The molecule has 2 aliphatic rings. The fourth-order valence-corrected chi connectivity index (χ4v) is 4.27. The standard InChI is InChI=1S/C19H26N4O/c1-3-22(2)13-18-20-19(21-24-18)15-12-17(14-8-5-4-6-9-14)23-11-7-10-16(15)23/h4-6,8-9,15-17H,3,7,10-13H2,1-2H3/t15-,16+,17-/m0/s1. The van der Waals surface area contributed by atoms with E-state index >= 15 is 0 Å². The van der Waals surface area contributed by atoms with Crippen LogP contribution in [0, 0.1) is 0 Å². The van der Waals surface area contributed by atoms with Crippen molar-refractivity contribution in [1.29, 1.82) is 0 Å². The summed E-state index contributed by atoms with van der Waals surface area (Å²) in [5, 5.41) is 4.33. The third-order valence-corrected chi connectivity index (χ3v) is 5.63. The first-order valence-electron chi connectivity index (χ1n) is 9.08. The molecule has 3 heterocycles. The number of benzene rings is 1. The lowest BCUT2D eigenvalue weighted by atomic mass is 9.94. The molecule has 2 aromatic rings. The maximum atomic E-state index is 5.52. The van der Waals surface area contributed by atoms with Gasteiger partial charge in [0.1, 0.15) is 0 Å². The summed E-state index contributed by atoms with van der Waals surface area (Å²) in [4.78, 5) is 9.56. The second kappa shape index (κ2) is 6.65. The number of nitrogens with zero attached hydrogens (tertiary/aromatic N) is 4. The Bertz CT molecular complexity index is 671. The molecule has 2 fully saturated rings. The van der Waals surface area contributed by atoms with Crippen LogP contribution in [0.2, 0.25) is 0 Å². The Morgan fingerprint density at radius 2 is 2.12 bits per heavy atom. The van der Waals surface area contributed by atoms with E-state index in [4.69, 9.17) is 9.51 Å². The third kappa shape index (κ3) is 2.87. The third-order valence-electron chi connectivity index (χ3n) is 5.63. The number of rotatable bonds is 5. The topological polar surface area (TPSA) is 45.4 Å². The van der Waals surface area contributed by atoms with Crippen LogP contribution in [-0.4, -0.2) is 46.1 Å². The largest absolute Gasteiger partial charge is 0.338 e. The number of aromatic nitrogens is 2. The van der Waals surface area contributed by atoms with Crippen molar-refractivity contribution < 1.29 is 4.52 Å². The fraction of sp³-hybridized carbons (Fsp3) is 0.579. The van der Waals surface area contributed by atoms with Crippen LogP contribution in [0.4, 0.5) is 0 Å². The van der Waals surface area contributed by atoms with Gasteiger partial charge in [-0.1, -0.05) is 42.4 Å². The smallest absolute Gasteiger partial charge is 0.240 e. The van der Waals surface area contributed by atoms with Gasteiger partial charge in [-0.15, -0.1) is 0 Å². The molecule has 0 N–H and O–H groups in total. The summed E-state index contributed by atoms with van der Waals surface area (Å²) in [5.74, 6) is 2.04. The molecule has 5 heteroatoms. The molecule has 0 amide bonds. The molecule has 4 rings (SSSR count). The van der Waals surface area contributed by atoms with Crippen molar-refractivity contribution in [1.82, 2.24) is 19.9 Å². The molecular weight excluding hydrogens is 300 g/mol. The second-order valence-corrected chi connectivity index (χ2v) is 7.09. The first-order chi connectivity index (χ1) is 11.8. The number of hydrogen-bond acceptors (Lipinski definition) is 5. The highest BCUT2D eigenvalue weighted by atomic mass is 16.5. The second-order valence-electron chi connectivity index (χ2n) is 7.09. The summed E-state index contributed by atoms with van der Waals surface area (Å²) < 4.78 is 5.52. The predicted molar refractivity (Wildman–Crippen MR) is 92.6 cm³/mol. The van der Waals surface area contributed by atoms with E-state index in [1.807, 2.05) is 0 Å². The van der Waals surface area contributed by atoms with Crippen molar-refractivity contribution in [2.45, 2.75) is 50.7 Å². The molecule has 1 aromatic carbocycles. The van der Waals surface area contributed by atoms with Gasteiger partial charge in [-0.05, 0) is 45.0 Å². The highest BCUT2D eigenvalue weighted by Gasteiger charge is 2.46. The van der Waals surface area contributed by atoms with Gasteiger partial charge in [-0.2, -0.15) is 4.98 Å². The molecule has 0 radical (unpaired) electrons. The highest BCUT2D eigenvalue weighted by molar-refractivity contribution is 5.24. The van der Waals surface area contributed by atoms with E-state index in [1.165, 1.54) is 24.9 Å². The molecule has 1 aromatic heterocycles. The van der Waals surface area contributed by atoms with Crippen molar-refractivity contribution >= 4 is 0 Å². The lowest BCUT2D eigenvalue weighted by Crippen LogP contribution is -2.27. The minimum Gasteiger partial charge on any atom is -0.338 e. The summed E-state index contributed by atoms with van der Waals surface area (Å²) in [5.41, 5.74) is 1.42. The van der Waals surface area contributed by atoms with Gasteiger partial charge in [-0.3, -0.25) is 9.80 Å². The minimum absolute atomic E-state index is 0.391. The molecule has 0 aliphatic carbocycles. The zero-order valence-electron chi connectivity index (χ0n) is 14.6. The zero-order chi connectivity index (χ0) is 16.5. The van der Waals surface area contributed by atoms with Crippen LogP contribution in [0.1, 0.15) is 55.4 Å². The van der Waals surface area contributed by atoms with Crippen LogP contribution in [0.25, 0.3) is 0 Å². The average Bonchev–Trinajstić information content (AvgIpc) is 3.31. The van der Waals surface area contributed by atoms with E-state index in [0.717, 1.165) is 31.2 Å². The quantitative estimate of drug-likeness (QED) is 0.844. The fourth-order valence-electron chi connectivity index (χ4n) is 4.27. The zero-order valence-corrected chi connectivity index (χ0v) is 14.6. The summed E-state index contributed by atoms with van der Waals surface area (Å²) in [6, 6.07) is 11.9. The Morgan fingerprint density at radius 3 is 2.92 bits per heavy atom. The van der Waals surface area contributed by atoms with Crippen molar-refractivity contribution in [2.24, 2.45) is 0 Å². The molecular formula is C19H26N4O. The Labute approximate surface area is 143 Å². The predicted octanol–water partition coefficient (Wildman–Crippen LogP) is 3.21. The van der Waals surface area contributed by atoms with Crippen molar-refractivity contribution in [2.75, 3.05) is 20.1 Å². The Balaban J connectivity index is 1.55. The molecule has 2 saturated heterocycles. The van der Waals surface area contributed by atoms with Crippen molar-refractivity contribution in [3.63, 3.8) is 0 Å². The molecule has 5 nitrogen and oxygen atoms in total. The van der Waals surface area contributed by atoms with Gasteiger partial charge < -0.3 is 4.52 Å². The lowest BCUT2D eigenvalue weighted by Gasteiger charge is -2.24. The van der Waals surface area contributed by atoms with Crippen LogP contribution in [0.15, 0.2) is 34.9 Å². The lowest BCUT2D eigenvalue weighted by molar-refractivity contribution is 0.243. The Kier molecular flexibility index (Phi) is 4.37. The Hall–Kier alpha value is -1.72. The van der Waals surface area contributed by atoms with Gasteiger partial charge in [-0.25, -0.2) is 0 Å². The molecule has 3 atom stereocenters. The van der Waals surface area contributed by atoms with Gasteiger partial charge in [0.15, 0.2) is 5.82 Å². The average molecular weight is 326 g/mol. The summed E-state index contributed by atoms with van der Waals surface area (Å²) in [6.45, 7) is 5.03. The maximum absolute atomic E-state index is 5.52. The first kappa shape index (κ1) is 15.8. The minimum atomic E-state index is 0.391. The van der Waals surface area contributed by atoms with E-state index in [9.17, 15) is 0 Å². The number of hydrogen-bond donors (Lipinski definition) is 0. The number of fused-ring (bicyclic) bond motifs is 1. The van der Waals surface area contributed by atoms with Crippen LogP contribution in [-0.2, 0) is 6.54 Å². The summed E-state index contributed by atoms with van der Waals surface area (Å²) in [6.07, 6.45) is 3.61. The van der Waals surface area contributed by atoms with Crippen molar-refractivity contribution in [3.05, 3.63) is 47.6 Å². The van der Waals surface area contributed by atoms with Crippen LogP contribution in [0.3, 0.4) is 0 Å².